The van der Waals surface area contributed by atoms with Crippen molar-refractivity contribution in [3.63, 3.8) is 0 Å². The molecular formula is C25H30ClF2N5O3. The van der Waals surface area contributed by atoms with Crippen LogP contribution in [-0.4, -0.2) is 59.3 Å². The molecule has 4 aliphatic rings. The summed E-state index contributed by atoms with van der Waals surface area (Å²) in [6, 6.07) is 4.74. The zero-order chi connectivity index (χ0) is 26.0. The van der Waals surface area contributed by atoms with E-state index in [9.17, 15) is 28.4 Å². The summed E-state index contributed by atoms with van der Waals surface area (Å²) in [6.45, 7) is 2.18. The van der Waals surface area contributed by atoms with E-state index in [2.05, 4.69) is 16.0 Å². The highest BCUT2D eigenvalue weighted by molar-refractivity contribution is 6.30. The molecular weight excluding hydrogens is 492 g/mol. The highest BCUT2D eigenvalue weighted by atomic mass is 35.5. The minimum absolute atomic E-state index is 0.0892. The Morgan fingerprint density at radius 2 is 2.11 bits per heavy atom. The molecule has 8 nitrogen and oxygen atoms in total. The van der Waals surface area contributed by atoms with Crippen LogP contribution in [0.5, 0.6) is 0 Å². The number of nitrogens with zero attached hydrogens (tertiary/aromatic N) is 2. The molecule has 3 amide bonds. The highest BCUT2D eigenvalue weighted by Crippen LogP contribution is 2.49. The number of benzene rings is 1. The first-order valence-corrected chi connectivity index (χ1v) is 12.7. The summed E-state index contributed by atoms with van der Waals surface area (Å²) >= 11 is 6.02. The fourth-order valence-electron chi connectivity index (χ4n) is 5.68. The molecule has 0 spiro atoms. The number of amides is 3. The van der Waals surface area contributed by atoms with Crippen LogP contribution in [0.25, 0.3) is 0 Å². The molecule has 11 heteroatoms. The smallest absolute Gasteiger partial charge is 0.255 e. The number of carbonyl (C=O) groups is 3. The molecule has 0 aromatic heterocycles. The first-order valence-electron chi connectivity index (χ1n) is 12.3. The Balaban J connectivity index is 1.52. The van der Waals surface area contributed by atoms with E-state index in [1.807, 2.05) is 6.07 Å². The van der Waals surface area contributed by atoms with Crippen LogP contribution in [0.15, 0.2) is 24.3 Å². The van der Waals surface area contributed by atoms with Gasteiger partial charge in [-0.3, -0.25) is 14.4 Å². The molecule has 1 saturated carbocycles. The largest absolute Gasteiger partial charge is 0.374 e. The third-order valence-electron chi connectivity index (χ3n) is 7.43. The monoisotopic (exact) mass is 521 g/mol. The van der Waals surface area contributed by atoms with Crippen LogP contribution in [0.3, 0.4) is 0 Å². The molecule has 6 atom stereocenters. The molecule has 5 rings (SSSR count). The predicted molar refractivity (Wildman–Crippen MR) is 129 cm³/mol. The number of nitrogens with one attached hydrogen (secondary N) is 3. The van der Waals surface area contributed by atoms with Gasteiger partial charge in [-0.05, 0) is 57.2 Å². The lowest BCUT2D eigenvalue weighted by Crippen LogP contribution is -2.70. The van der Waals surface area contributed by atoms with Gasteiger partial charge in [-0.15, -0.1) is 0 Å². The molecule has 3 saturated heterocycles. The van der Waals surface area contributed by atoms with Crippen LogP contribution in [-0.2, 0) is 14.4 Å². The van der Waals surface area contributed by atoms with Crippen LogP contribution >= 0.6 is 11.6 Å². The predicted octanol–water partition coefficient (Wildman–Crippen LogP) is 3.08. The summed E-state index contributed by atoms with van der Waals surface area (Å²) < 4.78 is 29.8. The summed E-state index contributed by atoms with van der Waals surface area (Å²) in [5.41, 5.74) is 0.590. The lowest BCUT2D eigenvalue weighted by molar-refractivity contribution is -0.194. The van der Waals surface area contributed by atoms with Crippen LogP contribution in [0.4, 0.5) is 14.5 Å². The Labute approximate surface area is 213 Å². The van der Waals surface area contributed by atoms with Crippen molar-refractivity contribution >= 4 is 35.0 Å². The zero-order valence-electron chi connectivity index (χ0n) is 20.0. The molecule has 0 unspecified atom stereocenters. The van der Waals surface area contributed by atoms with E-state index in [-0.39, 0.29) is 18.7 Å². The molecule has 1 aliphatic carbocycles. The lowest BCUT2D eigenvalue weighted by Gasteiger charge is -2.54. The van der Waals surface area contributed by atoms with Crippen LogP contribution in [0.1, 0.15) is 45.4 Å². The Hall–Kier alpha value is -2.93. The quantitative estimate of drug-likeness (QED) is 0.510. The Kier molecular flexibility index (Phi) is 7.69. The summed E-state index contributed by atoms with van der Waals surface area (Å²) in [6.07, 6.45) is 1.43. The minimum atomic E-state index is -3.10. The molecule has 2 bridgehead atoms. The number of rotatable bonds is 7. The Morgan fingerprint density at radius 1 is 1.33 bits per heavy atom. The fraction of sp³-hybridized carbons (Fsp3) is 0.600. The van der Waals surface area contributed by atoms with Gasteiger partial charge in [-0.1, -0.05) is 17.7 Å². The van der Waals surface area contributed by atoms with Gasteiger partial charge in [-0.2, -0.15) is 5.26 Å². The number of alkyl halides is 2. The summed E-state index contributed by atoms with van der Waals surface area (Å²) in [5.74, 6) is -6.32. The number of carbonyl (C=O) groups excluding carboxylic acids is 3. The normalized spacial score (nSPS) is 28.4. The summed E-state index contributed by atoms with van der Waals surface area (Å²) in [7, 11) is 0. The minimum Gasteiger partial charge on any atom is -0.374 e. The molecule has 1 aromatic carbocycles. The van der Waals surface area contributed by atoms with E-state index in [4.69, 9.17) is 11.6 Å². The number of nitriles is 1. The van der Waals surface area contributed by atoms with E-state index in [1.54, 1.807) is 31.2 Å². The van der Waals surface area contributed by atoms with E-state index in [0.29, 0.717) is 30.1 Å². The lowest BCUT2D eigenvalue weighted by atomic mass is 9.71. The molecule has 4 fully saturated rings. The van der Waals surface area contributed by atoms with E-state index in [0.717, 1.165) is 6.42 Å². The van der Waals surface area contributed by atoms with Crippen LogP contribution in [0, 0.1) is 23.2 Å². The number of anilines is 1. The van der Waals surface area contributed by atoms with Crippen molar-refractivity contribution < 1.29 is 23.2 Å². The zero-order valence-corrected chi connectivity index (χ0v) is 20.7. The van der Waals surface area contributed by atoms with Gasteiger partial charge in [0.05, 0.1) is 12.0 Å². The Bertz CT molecular complexity index is 1060. The van der Waals surface area contributed by atoms with E-state index >= 15 is 0 Å². The molecule has 3 N–H and O–H groups in total. The molecule has 1 aromatic rings. The maximum absolute atomic E-state index is 14.9. The fourth-order valence-corrected chi connectivity index (χ4v) is 5.87. The van der Waals surface area contributed by atoms with Crippen molar-refractivity contribution in [2.75, 3.05) is 11.9 Å². The maximum Gasteiger partial charge on any atom is 0.255 e. The van der Waals surface area contributed by atoms with Crippen molar-refractivity contribution in [3.8, 4) is 6.07 Å². The topological polar surface area (TPSA) is 114 Å². The van der Waals surface area contributed by atoms with Gasteiger partial charge in [-0.25, -0.2) is 8.78 Å². The van der Waals surface area contributed by atoms with Gasteiger partial charge >= 0.3 is 0 Å². The first kappa shape index (κ1) is 26.1. The van der Waals surface area contributed by atoms with Gasteiger partial charge < -0.3 is 20.9 Å². The van der Waals surface area contributed by atoms with Crippen LogP contribution in [0.2, 0.25) is 5.02 Å². The molecule has 3 heterocycles. The molecule has 36 heavy (non-hydrogen) atoms. The first-order chi connectivity index (χ1) is 17.1. The van der Waals surface area contributed by atoms with Gasteiger partial charge in [0.1, 0.15) is 18.1 Å². The van der Waals surface area contributed by atoms with Crippen molar-refractivity contribution in [2.24, 2.45) is 11.8 Å². The third-order valence-corrected chi connectivity index (χ3v) is 7.66. The number of halogens is 3. The third kappa shape index (κ3) is 5.41. The molecule has 194 valence electrons. The number of fused-ring (bicyclic) bond motifs is 3. The average molecular weight is 522 g/mol. The average Bonchev–Trinajstić information content (AvgIpc) is 2.83. The SMILES string of the molecule is C[C@@H](Nc1cccc(Cl)c1)C(=O)N1[C@H]2CC[C@@H]([C@H]1C(=O)N[C@@H](C#N)C[C@@H]1CCCNC1=O)C(F)(F)C2. The second-order valence-corrected chi connectivity index (χ2v) is 10.4. The summed E-state index contributed by atoms with van der Waals surface area (Å²) in [4.78, 5) is 40.3. The molecule has 3 aliphatic heterocycles. The van der Waals surface area contributed by atoms with Crippen molar-refractivity contribution in [1.29, 1.82) is 5.26 Å². The van der Waals surface area contributed by atoms with Crippen molar-refractivity contribution in [2.45, 2.75) is 75.5 Å². The van der Waals surface area contributed by atoms with Gasteiger partial charge in [0.2, 0.25) is 17.7 Å². The highest BCUT2D eigenvalue weighted by Gasteiger charge is 2.60. The second-order valence-electron chi connectivity index (χ2n) is 9.93. The Morgan fingerprint density at radius 3 is 2.78 bits per heavy atom. The number of hydrogen-bond donors (Lipinski definition) is 3. The van der Waals surface area contributed by atoms with Crippen molar-refractivity contribution in [1.82, 2.24) is 15.5 Å². The number of piperidine rings is 3. The molecule has 0 radical (unpaired) electrons. The van der Waals surface area contributed by atoms with Crippen molar-refractivity contribution in [3.05, 3.63) is 29.3 Å². The van der Waals surface area contributed by atoms with Gasteiger partial charge in [0.25, 0.3) is 5.92 Å². The maximum atomic E-state index is 14.9. The standard InChI is InChI=1S/C25H30ClF2N5O3/c1-14(31-17-6-2-5-16(26)11-17)24(36)33-19-7-8-20(25(27,28)12-19)21(33)23(35)32-18(13-29)10-15-4-3-9-30-22(15)34/h2,5-6,11,14-15,18-21,31H,3-4,7-10,12H2,1H3,(H,30,34)(H,32,35)/t14-,15+,18-,19+,20+,21+/m1/s1. The van der Waals surface area contributed by atoms with Crippen LogP contribution < -0.4 is 16.0 Å². The van der Waals surface area contributed by atoms with E-state index < -0.39 is 60.2 Å². The number of hydrogen-bond acceptors (Lipinski definition) is 5. The van der Waals surface area contributed by atoms with Gasteiger partial charge in [0.15, 0.2) is 0 Å². The van der Waals surface area contributed by atoms with E-state index in [1.165, 1.54) is 4.90 Å². The summed E-state index contributed by atoms with van der Waals surface area (Å²) in [5, 5.41) is 18.4. The second kappa shape index (κ2) is 10.6. The van der Waals surface area contributed by atoms with Gasteiger partial charge in [0, 0.05) is 35.6 Å².